The molecule has 1 aromatic heterocycles. The van der Waals surface area contributed by atoms with Gasteiger partial charge in [0.25, 0.3) is 0 Å². The van der Waals surface area contributed by atoms with Crippen LogP contribution in [0, 0.1) is 44.6 Å². The van der Waals surface area contributed by atoms with E-state index in [0.717, 1.165) is 46.4 Å². The molecular formula is C38H49IrN2O2-. The zero-order valence-corrected chi connectivity index (χ0v) is 30.5. The van der Waals surface area contributed by atoms with E-state index < -0.39 is 0 Å². The molecule has 1 radical (unpaired) electrons. The Kier molecular flexibility index (Phi) is 12.0. The van der Waals surface area contributed by atoms with Crippen LogP contribution >= 0.6 is 0 Å². The Morgan fingerprint density at radius 3 is 2.07 bits per heavy atom. The first kappa shape index (κ1) is 36.3. The molecule has 4 aromatic rings. The molecule has 1 N–H and O–H groups in total. The SMILES string of the molecule is CCC(C)(C)C(=O)/C=C(\O)C(C)(C)CC.Cc1[c-]c(-c2nc(C(C)C)nc3c2ccc2cc(C)cc(C)c23)cc(C)c1.[Ir]. The minimum atomic E-state index is -0.377. The summed E-state index contributed by atoms with van der Waals surface area (Å²) in [5.41, 5.74) is 7.30. The Morgan fingerprint density at radius 1 is 0.907 bits per heavy atom. The predicted molar refractivity (Wildman–Crippen MR) is 178 cm³/mol. The van der Waals surface area contributed by atoms with Gasteiger partial charge in [-0.15, -0.1) is 34.9 Å². The number of hydrogen-bond donors (Lipinski definition) is 1. The number of rotatable bonds is 7. The number of fused-ring (bicyclic) bond motifs is 3. The molecule has 4 nitrogen and oxygen atoms in total. The second-order valence-corrected chi connectivity index (χ2v) is 13.3. The molecule has 0 saturated carbocycles. The van der Waals surface area contributed by atoms with Crippen LogP contribution in [0.25, 0.3) is 32.9 Å². The molecule has 5 heteroatoms. The summed E-state index contributed by atoms with van der Waals surface area (Å²) in [6.07, 6.45) is 2.99. The van der Waals surface area contributed by atoms with Crippen LogP contribution in [-0.2, 0) is 24.9 Å². The largest absolute Gasteiger partial charge is 0.512 e. The summed E-state index contributed by atoms with van der Waals surface area (Å²) in [6, 6.07) is 16.7. The number of carbonyl (C=O) groups excluding carboxylic acids is 1. The Balaban J connectivity index is 0.000000348. The number of ketones is 1. The van der Waals surface area contributed by atoms with E-state index in [0.29, 0.717) is 0 Å². The van der Waals surface area contributed by atoms with Crippen molar-refractivity contribution < 1.29 is 30.0 Å². The van der Waals surface area contributed by atoms with Crippen molar-refractivity contribution in [3.05, 3.63) is 82.4 Å². The minimum absolute atomic E-state index is 0. The molecule has 1 heterocycles. The Bertz CT molecular complexity index is 1630. The summed E-state index contributed by atoms with van der Waals surface area (Å²) in [5, 5.41) is 13.4. The molecule has 43 heavy (non-hydrogen) atoms. The van der Waals surface area contributed by atoms with Crippen LogP contribution in [0.2, 0.25) is 0 Å². The van der Waals surface area contributed by atoms with Gasteiger partial charge in [0.1, 0.15) is 11.6 Å². The summed E-state index contributed by atoms with van der Waals surface area (Å²) in [4.78, 5) is 21.8. The molecule has 233 valence electrons. The molecule has 0 saturated heterocycles. The van der Waals surface area contributed by atoms with Crippen molar-refractivity contribution in [3.63, 3.8) is 0 Å². The summed E-state index contributed by atoms with van der Waals surface area (Å²) >= 11 is 0. The van der Waals surface area contributed by atoms with Gasteiger partial charge in [-0.1, -0.05) is 99.1 Å². The third-order valence-electron chi connectivity index (χ3n) is 8.46. The number of benzene rings is 3. The molecule has 0 amide bonds. The van der Waals surface area contributed by atoms with Gasteiger partial charge in [0.2, 0.25) is 0 Å². The van der Waals surface area contributed by atoms with E-state index in [1.807, 2.05) is 41.5 Å². The molecule has 0 atom stereocenters. The summed E-state index contributed by atoms with van der Waals surface area (Å²) < 4.78 is 0. The fourth-order valence-corrected chi connectivity index (χ4v) is 4.82. The zero-order valence-electron chi connectivity index (χ0n) is 28.1. The van der Waals surface area contributed by atoms with Crippen molar-refractivity contribution in [3.8, 4) is 11.3 Å². The van der Waals surface area contributed by atoms with Crippen LogP contribution in [0.3, 0.4) is 0 Å². The molecule has 4 rings (SSSR count). The standard InChI is InChI=1S/C25H25N2.C13H24O2.Ir/c1-14(2)25-26-23(20-12-15(3)9-16(4)13-20)21-8-7-19-11-17(5)10-18(6)22(19)24(21)27-25;1-7-12(3,4)10(14)9-11(15)13(5,6)8-2;/h7-12,14H,1-6H3;9,14H,7-8H2,1-6H3;/q-1;;/b;10-9-;. The maximum atomic E-state index is 11.8. The number of nitrogens with zero attached hydrogens (tertiary/aromatic N) is 2. The number of aliphatic hydroxyl groups is 1. The van der Waals surface area contributed by atoms with Crippen molar-refractivity contribution in [1.29, 1.82) is 0 Å². The predicted octanol–water partition coefficient (Wildman–Crippen LogP) is 10.5. The molecule has 0 unspecified atom stereocenters. The van der Waals surface area contributed by atoms with Crippen LogP contribution in [0.4, 0.5) is 0 Å². The number of aryl methyl sites for hydroxylation is 4. The number of hydrogen-bond acceptors (Lipinski definition) is 4. The van der Waals surface area contributed by atoms with E-state index in [2.05, 4.69) is 84.0 Å². The number of carbonyl (C=O) groups is 1. The summed E-state index contributed by atoms with van der Waals surface area (Å²) in [7, 11) is 0. The Morgan fingerprint density at radius 2 is 1.51 bits per heavy atom. The van der Waals surface area contributed by atoms with Gasteiger partial charge in [-0.25, -0.2) is 4.98 Å². The maximum absolute atomic E-state index is 11.8. The van der Waals surface area contributed by atoms with E-state index in [-0.39, 0.29) is 48.4 Å². The average molecular weight is 758 g/mol. The van der Waals surface area contributed by atoms with E-state index in [4.69, 9.17) is 9.97 Å². The first-order valence-electron chi connectivity index (χ1n) is 15.2. The first-order valence-corrected chi connectivity index (χ1v) is 15.2. The number of aliphatic hydroxyl groups excluding tert-OH is 1. The minimum Gasteiger partial charge on any atom is -0.512 e. The zero-order chi connectivity index (χ0) is 31.6. The second-order valence-electron chi connectivity index (χ2n) is 13.3. The molecular weight excluding hydrogens is 709 g/mol. The fraction of sp³-hybridized carbons (Fsp3) is 0.447. The molecule has 0 aliphatic heterocycles. The van der Waals surface area contributed by atoms with Gasteiger partial charge in [0, 0.05) is 48.3 Å². The topological polar surface area (TPSA) is 63.1 Å². The van der Waals surface area contributed by atoms with Gasteiger partial charge in [-0.05, 0) is 48.7 Å². The van der Waals surface area contributed by atoms with Crippen LogP contribution in [0.1, 0.15) is 102 Å². The second kappa shape index (κ2) is 14.3. The molecule has 0 aliphatic carbocycles. The molecule has 0 spiro atoms. The van der Waals surface area contributed by atoms with Crippen LogP contribution in [-0.4, -0.2) is 20.9 Å². The Hall–Kier alpha value is -2.88. The van der Waals surface area contributed by atoms with Crippen LogP contribution in [0.15, 0.2) is 48.2 Å². The Labute approximate surface area is 272 Å². The normalized spacial score (nSPS) is 12.3. The van der Waals surface area contributed by atoms with Gasteiger partial charge in [-0.2, -0.15) is 0 Å². The van der Waals surface area contributed by atoms with E-state index in [1.54, 1.807) is 0 Å². The van der Waals surface area contributed by atoms with E-state index >= 15 is 0 Å². The van der Waals surface area contributed by atoms with Gasteiger partial charge >= 0.3 is 0 Å². The monoisotopic (exact) mass is 758 g/mol. The van der Waals surface area contributed by atoms with E-state index in [9.17, 15) is 9.90 Å². The van der Waals surface area contributed by atoms with Crippen molar-refractivity contribution >= 4 is 27.5 Å². The quantitative estimate of drug-likeness (QED) is 0.0883. The van der Waals surface area contributed by atoms with Gasteiger partial charge in [-0.3, -0.25) is 9.78 Å². The van der Waals surface area contributed by atoms with Gasteiger partial charge < -0.3 is 5.11 Å². The summed E-state index contributed by atoms with van der Waals surface area (Å²) in [6.45, 7) is 24.5. The smallest absolute Gasteiger partial charge is 0.164 e. The summed E-state index contributed by atoms with van der Waals surface area (Å²) in [5.74, 6) is 1.35. The third-order valence-corrected chi connectivity index (χ3v) is 8.46. The van der Waals surface area contributed by atoms with Crippen molar-refractivity contribution in [2.45, 2.75) is 102 Å². The number of allylic oxidation sites excluding steroid dienone is 2. The molecule has 0 aliphatic rings. The van der Waals surface area contributed by atoms with Crippen LogP contribution < -0.4 is 0 Å². The van der Waals surface area contributed by atoms with Crippen molar-refractivity contribution in [2.24, 2.45) is 10.8 Å². The maximum Gasteiger partial charge on any atom is 0.164 e. The average Bonchev–Trinajstić information content (AvgIpc) is 2.91. The van der Waals surface area contributed by atoms with Crippen molar-refractivity contribution in [2.75, 3.05) is 0 Å². The van der Waals surface area contributed by atoms with Gasteiger partial charge in [0.05, 0.1) is 5.52 Å². The molecule has 0 bridgehead atoms. The van der Waals surface area contributed by atoms with Gasteiger partial charge in [0.15, 0.2) is 5.78 Å². The first-order chi connectivity index (χ1) is 19.5. The fourth-order valence-electron chi connectivity index (χ4n) is 4.82. The molecule has 0 fully saturated rings. The number of aromatic nitrogens is 2. The van der Waals surface area contributed by atoms with E-state index in [1.165, 1.54) is 33.5 Å². The molecule has 3 aromatic carbocycles. The third kappa shape index (κ3) is 8.40. The van der Waals surface area contributed by atoms with Crippen molar-refractivity contribution in [1.82, 2.24) is 9.97 Å². The van der Waals surface area contributed by atoms with Crippen LogP contribution in [0.5, 0.6) is 0 Å².